The van der Waals surface area contributed by atoms with E-state index in [0.717, 1.165) is 9.87 Å². The van der Waals surface area contributed by atoms with Crippen molar-refractivity contribution in [2.45, 2.75) is 25.7 Å². The predicted molar refractivity (Wildman–Crippen MR) is 139 cm³/mol. The number of amides is 1. The first kappa shape index (κ1) is 27.0. The van der Waals surface area contributed by atoms with E-state index < -0.39 is 28.4 Å². The lowest BCUT2D eigenvalue weighted by Crippen LogP contribution is -2.38. The first-order valence-corrected chi connectivity index (χ1v) is 13.1. The van der Waals surface area contributed by atoms with Crippen LogP contribution in [0.1, 0.15) is 29.8 Å². The van der Waals surface area contributed by atoms with Crippen LogP contribution in [0.15, 0.2) is 71.6 Å². The molecule has 0 spiro atoms. The van der Waals surface area contributed by atoms with Crippen LogP contribution in [0.4, 0.5) is 11.4 Å². The predicted octanol–water partition coefficient (Wildman–Crippen LogP) is 5.06. The molecule has 0 heterocycles. The van der Waals surface area contributed by atoms with Gasteiger partial charge in [0, 0.05) is 5.69 Å². The minimum atomic E-state index is -4.10. The van der Waals surface area contributed by atoms with Crippen molar-refractivity contribution >= 4 is 44.9 Å². The van der Waals surface area contributed by atoms with Crippen LogP contribution in [0.5, 0.6) is 5.75 Å². The fourth-order valence-corrected chi connectivity index (χ4v) is 4.94. The smallest absolute Gasteiger partial charge is 0.339 e. The number of anilines is 2. The summed E-state index contributed by atoms with van der Waals surface area (Å²) in [7, 11) is -4.10. The highest BCUT2D eigenvalue weighted by atomic mass is 35.5. The number of rotatable bonds is 10. The van der Waals surface area contributed by atoms with E-state index in [1.54, 1.807) is 43.3 Å². The Bertz CT molecular complexity index is 1330. The first-order chi connectivity index (χ1) is 17.1. The third-order valence-corrected chi connectivity index (χ3v) is 7.20. The Morgan fingerprint density at radius 2 is 1.61 bits per heavy atom. The Hall–Kier alpha value is -3.56. The van der Waals surface area contributed by atoms with Gasteiger partial charge in [-0.2, -0.15) is 0 Å². The summed E-state index contributed by atoms with van der Waals surface area (Å²) in [4.78, 5) is 25.1. The Kier molecular flexibility index (Phi) is 8.95. The highest BCUT2D eigenvalue weighted by molar-refractivity contribution is 7.92. The summed E-state index contributed by atoms with van der Waals surface area (Å²) in [5, 5.41) is 2.81. The van der Waals surface area contributed by atoms with Gasteiger partial charge in [0.05, 0.1) is 34.4 Å². The second-order valence-corrected chi connectivity index (χ2v) is 9.98. The molecule has 0 aliphatic carbocycles. The quantitative estimate of drug-likeness (QED) is 0.368. The molecule has 0 saturated carbocycles. The Labute approximate surface area is 215 Å². The monoisotopic (exact) mass is 530 g/mol. The van der Waals surface area contributed by atoms with Gasteiger partial charge in [-0.15, -0.1) is 0 Å². The lowest BCUT2D eigenvalue weighted by atomic mass is 10.2. The summed E-state index contributed by atoms with van der Waals surface area (Å²) in [5.41, 5.74) is 1.63. The number of sulfonamides is 1. The number of hydrogen-bond acceptors (Lipinski definition) is 6. The maximum absolute atomic E-state index is 13.6. The number of hydrogen-bond donors (Lipinski definition) is 1. The maximum atomic E-state index is 13.6. The average Bonchev–Trinajstić information content (AvgIpc) is 2.85. The molecule has 0 saturated heterocycles. The average molecular weight is 531 g/mol. The van der Waals surface area contributed by atoms with Gasteiger partial charge in [0.2, 0.25) is 5.91 Å². The van der Waals surface area contributed by atoms with Gasteiger partial charge in [0.15, 0.2) is 0 Å². The zero-order chi connectivity index (χ0) is 26.3. The third kappa shape index (κ3) is 6.56. The number of carbonyl (C=O) groups is 2. The van der Waals surface area contributed by atoms with E-state index >= 15 is 0 Å². The van der Waals surface area contributed by atoms with Crippen molar-refractivity contribution in [3.63, 3.8) is 0 Å². The molecular formula is C26H27ClN2O6S. The van der Waals surface area contributed by atoms with Crippen LogP contribution >= 0.6 is 11.6 Å². The van der Waals surface area contributed by atoms with Crippen LogP contribution in [0.2, 0.25) is 5.02 Å². The lowest BCUT2D eigenvalue weighted by Gasteiger charge is -2.24. The van der Waals surface area contributed by atoms with Gasteiger partial charge in [-0.3, -0.25) is 9.10 Å². The fourth-order valence-electron chi connectivity index (χ4n) is 3.33. The molecule has 0 bridgehead atoms. The van der Waals surface area contributed by atoms with E-state index in [4.69, 9.17) is 21.1 Å². The highest BCUT2D eigenvalue weighted by Gasteiger charge is 2.27. The molecule has 3 rings (SSSR count). The molecule has 3 aromatic rings. The van der Waals surface area contributed by atoms with Crippen molar-refractivity contribution in [2.75, 3.05) is 29.4 Å². The third-order valence-electron chi connectivity index (χ3n) is 5.08. The molecule has 8 nitrogen and oxygen atoms in total. The number of esters is 1. The van der Waals surface area contributed by atoms with Gasteiger partial charge >= 0.3 is 5.97 Å². The standard InChI is InChI=1S/C26H27ClN2O6S/c1-4-34-21-11-13-22(14-12-21)36(32,33)29(20-9-6-18(3)7-10-20)17-25(30)28-19-8-15-24(27)23(16-19)26(31)35-5-2/h6-16H,4-5,17H2,1-3H3,(H,28,30). The van der Waals surface area contributed by atoms with E-state index in [-0.39, 0.29) is 27.8 Å². The minimum Gasteiger partial charge on any atom is -0.494 e. The zero-order valence-electron chi connectivity index (χ0n) is 20.2. The van der Waals surface area contributed by atoms with E-state index in [1.807, 2.05) is 13.8 Å². The SMILES string of the molecule is CCOC(=O)c1cc(NC(=O)CN(c2ccc(C)cc2)S(=O)(=O)c2ccc(OCC)cc2)ccc1Cl. The second-order valence-electron chi connectivity index (χ2n) is 7.71. The highest BCUT2D eigenvalue weighted by Crippen LogP contribution is 2.26. The molecule has 3 aromatic carbocycles. The first-order valence-electron chi connectivity index (χ1n) is 11.2. The molecule has 0 atom stereocenters. The van der Waals surface area contributed by atoms with Gasteiger partial charge in [-0.1, -0.05) is 29.3 Å². The fraction of sp³-hybridized carbons (Fsp3) is 0.231. The summed E-state index contributed by atoms with van der Waals surface area (Å²) >= 11 is 6.09. The molecule has 190 valence electrons. The van der Waals surface area contributed by atoms with Gasteiger partial charge < -0.3 is 14.8 Å². The van der Waals surface area contributed by atoms with Gasteiger partial charge in [-0.25, -0.2) is 13.2 Å². The van der Waals surface area contributed by atoms with Crippen molar-refractivity contribution in [3.8, 4) is 5.75 Å². The molecule has 0 fully saturated rings. The van der Waals surface area contributed by atoms with Crippen molar-refractivity contribution in [1.82, 2.24) is 0 Å². The number of carbonyl (C=O) groups excluding carboxylic acids is 2. The van der Waals surface area contributed by atoms with Crippen LogP contribution in [-0.4, -0.2) is 40.1 Å². The van der Waals surface area contributed by atoms with E-state index in [0.29, 0.717) is 18.0 Å². The minimum absolute atomic E-state index is 0.00965. The number of ether oxygens (including phenoxy) is 2. The molecule has 36 heavy (non-hydrogen) atoms. The zero-order valence-corrected chi connectivity index (χ0v) is 21.7. The summed E-state index contributed by atoms with van der Waals surface area (Å²) in [5.74, 6) is -0.698. The summed E-state index contributed by atoms with van der Waals surface area (Å²) in [6, 6.07) is 17.1. The molecular weight excluding hydrogens is 504 g/mol. The van der Waals surface area contributed by atoms with Gasteiger partial charge in [0.1, 0.15) is 12.3 Å². The molecule has 1 amide bonds. The van der Waals surface area contributed by atoms with Crippen LogP contribution in [-0.2, 0) is 19.6 Å². The van der Waals surface area contributed by atoms with Crippen molar-refractivity contribution in [2.24, 2.45) is 0 Å². The van der Waals surface area contributed by atoms with Crippen molar-refractivity contribution in [1.29, 1.82) is 0 Å². The Morgan fingerprint density at radius 3 is 2.22 bits per heavy atom. The molecule has 0 aromatic heterocycles. The Balaban J connectivity index is 1.90. The normalized spacial score (nSPS) is 11.0. The van der Waals surface area contributed by atoms with Crippen LogP contribution in [0.25, 0.3) is 0 Å². The number of benzene rings is 3. The largest absolute Gasteiger partial charge is 0.494 e. The van der Waals surface area contributed by atoms with Crippen LogP contribution in [0.3, 0.4) is 0 Å². The topological polar surface area (TPSA) is 102 Å². The summed E-state index contributed by atoms with van der Waals surface area (Å²) < 4.78 is 38.5. The second kappa shape index (κ2) is 11.9. The molecule has 1 N–H and O–H groups in total. The van der Waals surface area contributed by atoms with E-state index in [2.05, 4.69) is 5.32 Å². The number of aryl methyl sites for hydroxylation is 1. The molecule has 0 radical (unpaired) electrons. The number of nitrogens with one attached hydrogen (secondary N) is 1. The summed E-state index contributed by atoms with van der Waals surface area (Å²) in [6.07, 6.45) is 0. The van der Waals surface area contributed by atoms with Gasteiger partial charge in [-0.05, 0) is 75.4 Å². The van der Waals surface area contributed by atoms with Crippen molar-refractivity contribution in [3.05, 3.63) is 82.9 Å². The molecule has 10 heteroatoms. The van der Waals surface area contributed by atoms with E-state index in [9.17, 15) is 18.0 Å². The molecule has 0 unspecified atom stereocenters. The lowest BCUT2D eigenvalue weighted by molar-refractivity contribution is -0.114. The van der Waals surface area contributed by atoms with E-state index in [1.165, 1.54) is 30.3 Å². The van der Waals surface area contributed by atoms with Crippen molar-refractivity contribution < 1.29 is 27.5 Å². The Morgan fingerprint density at radius 1 is 0.944 bits per heavy atom. The molecule has 0 aliphatic rings. The maximum Gasteiger partial charge on any atom is 0.339 e. The number of halogens is 1. The van der Waals surface area contributed by atoms with Crippen LogP contribution in [0, 0.1) is 6.92 Å². The summed E-state index contributed by atoms with van der Waals surface area (Å²) in [6.45, 7) is 5.49. The van der Waals surface area contributed by atoms with Crippen LogP contribution < -0.4 is 14.4 Å². The molecule has 0 aliphatic heterocycles. The number of nitrogens with zero attached hydrogens (tertiary/aromatic N) is 1. The van der Waals surface area contributed by atoms with Gasteiger partial charge in [0.25, 0.3) is 10.0 Å².